The van der Waals surface area contributed by atoms with Crippen LogP contribution in [0.25, 0.3) is 0 Å². The second kappa shape index (κ2) is 10.6. The second-order valence-corrected chi connectivity index (χ2v) is 7.74. The summed E-state index contributed by atoms with van der Waals surface area (Å²) in [7, 11) is 3.17. The van der Waals surface area contributed by atoms with Gasteiger partial charge in [0.1, 0.15) is 12.4 Å². The quantitative estimate of drug-likeness (QED) is 0.694. The van der Waals surface area contributed by atoms with Gasteiger partial charge in [0.05, 0.1) is 13.5 Å². The second-order valence-electron chi connectivity index (χ2n) is 7.74. The molecule has 2 heterocycles. The number of carbonyl (C=O) groups excluding carboxylic acids is 2. The molecule has 7 heteroatoms. The SMILES string of the molecule is COCC(=O)N(C1CCOCC1)C1CCCN(C(=O)Cc2cccc(OC)c2)C1. The van der Waals surface area contributed by atoms with Crippen LogP contribution in [0.2, 0.25) is 0 Å². The maximum atomic E-state index is 12.9. The number of methoxy groups -OCH3 is 2. The summed E-state index contributed by atoms with van der Waals surface area (Å²) < 4.78 is 15.9. The molecule has 0 N–H and O–H groups in total. The van der Waals surface area contributed by atoms with Gasteiger partial charge in [-0.15, -0.1) is 0 Å². The average molecular weight is 405 g/mol. The molecule has 2 fully saturated rings. The molecule has 160 valence electrons. The van der Waals surface area contributed by atoms with Crippen LogP contribution in [0.3, 0.4) is 0 Å². The van der Waals surface area contributed by atoms with Gasteiger partial charge in [-0.1, -0.05) is 12.1 Å². The summed E-state index contributed by atoms with van der Waals surface area (Å²) in [5.74, 6) is 0.850. The number of piperidine rings is 1. The topological polar surface area (TPSA) is 68.3 Å². The normalized spacial score (nSPS) is 20.3. The molecule has 0 aliphatic carbocycles. The van der Waals surface area contributed by atoms with E-state index in [0.717, 1.165) is 43.5 Å². The lowest BCUT2D eigenvalue weighted by atomic mass is 9.98. The molecular formula is C22H32N2O5. The van der Waals surface area contributed by atoms with E-state index in [1.165, 1.54) is 0 Å². The standard InChI is InChI=1S/C22H32N2O5/c1-27-16-22(26)24(18-8-11-29-12-9-18)19-6-4-10-23(15-19)21(25)14-17-5-3-7-20(13-17)28-2/h3,5,7,13,18-19H,4,6,8-12,14-16H2,1-2H3. The van der Waals surface area contributed by atoms with Gasteiger partial charge in [0.15, 0.2) is 0 Å². The van der Waals surface area contributed by atoms with Crippen LogP contribution in [0.5, 0.6) is 5.75 Å². The molecule has 0 aromatic heterocycles. The Kier molecular flexibility index (Phi) is 7.89. The molecule has 2 aliphatic rings. The van der Waals surface area contributed by atoms with E-state index >= 15 is 0 Å². The Balaban J connectivity index is 1.67. The van der Waals surface area contributed by atoms with Gasteiger partial charge in [-0.2, -0.15) is 0 Å². The highest BCUT2D eigenvalue weighted by Crippen LogP contribution is 2.24. The lowest BCUT2D eigenvalue weighted by Crippen LogP contribution is -2.57. The molecule has 0 spiro atoms. The first-order valence-electron chi connectivity index (χ1n) is 10.4. The fourth-order valence-electron chi connectivity index (χ4n) is 4.34. The van der Waals surface area contributed by atoms with E-state index < -0.39 is 0 Å². The molecule has 1 unspecified atom stereocenters. The van der Waals surface area contributed by atoms with Crippen molar-refractivity contribution < 1.29 is 23.8 Å². The van der Waals surface area contributed by atoms with Crippen LogP contribution < -0.4 is 4.74 Å². The highest BCUT2D eigenvalue weighted by atomic mass is 16.5. The number of nitrogens with zero attached hydrogens (tertiary/aromatic N) is 2. The van der Waals surface area contributed by atoms with Crippen molar-refractivity contribution in [2.24, 2.45) is 0 Å². The summed E-state index contributed by atoms with van der Waals surface area (Å²) >= 11 is 0. The van der Waals surface area contributed by atoms with Crippen LogP contribution in [0, 0.1) is 0 Å². The van der Waals surface area contributed by atoms with Crippen molar-refractivity contribution in [3.05, 3.63) is 29.8 Å². The first-order valence-corrected chi connectivity index (χ1v) is 10.4. The number of rotatable bonds is 7. The van der Waals surface area contributed by atoms with Crippen LogP contribution in [0.1, 0.15) is 31.2 Å². The first kappa shape index (κ1) is 21.6. The zero-order valence-electron chi connectivity index (χ0n) is 17.5. The lowest BCUT2D eigenvalue weighted by molar-refractivity contribution is -0.147. The maximum Gasteiger partial charge on any atom is 0.249 e. The van der Waals surface area contributed by atoms with Crippen LogP contribution >= 0.6 is 0 Å². The molecule has 0 bridgehead atoms. The van der Waals surface area contributed by atoms with Crippen LogP contribution in [-0.4, -0.2) is 80.8 Å². The number of ether oxygens (including phenoxy) is 3. The van der Waals surface area contributed by atoms with Gasteiger partial charge in [0.2, 0.25) is 11.8 Å². The highest BCUT2D eigenvalue weighted by molar-refractivity contribution is 5.80. The molecule has 2 saturated heterocycles. The highest BCUT2D eigenvalue weighted by Gasteiger charge is 2.35. The third kappa shape index (κ3) is 5.70. The number of hydrogen-bond acceptors (Lipinski definition) is 5. The molecule has 3 rings (SSSR count). The molecular weight excluding hydrogens is 372 g/mol. The fourth-order valence-corrected chi connectivity index (χ4v) is 4.34. The summed E-state index contributed by atoms with van der Waals surface area (Å²) in [6.45, 7) is 2.74. The van der Waals surface area contributed by atoms with Crippen LogP contribution in [0.15, 0.2) is 24.3 Å². The maximum absolute atomic E-state index is 12.9. The third-order valence-electron chi connectivity index (χ3n) is 5.77. The monoisotopic (exact) mass is 404 g/mol. The average Bonchev–Trinajstić information content (AvgIpc) is 2.75. The summed E-state index contributed by atoms with van der Waals surface area (Å²) in [4.78, 5) is 29.7. The first-order chi connectivity index (χ1) is 14.1. The van der Waals surface area contributed by atoms with Gasteiger partial charge < -0.3 is 24.0 Å². The van der Waals surface area contributed by atoms with Crippen molar-refractivity contribution in [3.8, 4) is 5.75 Å². The number of likely N-dealkylation sites (tertiary alicyclic amines) is 1. The summed E-state index contributed by atoms with van der Waals surface area (Å²) in [5, 5.41) is 0. The Labute approximate surface area is 172 Å². The van der Waals surface area contributed by atoms with E-state index in [2.05, 4.69) is 0 Å². The van der Waals surface area contributed by atoms with Crippen molar-refractivity contribution in [2.75, 3.05) is 47.1 Å². The van der Waals surface area contributed by atoms with Gasteiger partial charge in [-0.05, 0) is 43.4 Å². The van der Waals surface area contributed by atoms with E-state index in [-0.39, 0.29) is 30.5 Å². The van der Waals surface area contributed by atoms with Crippen LogP contribution in [0.4, 0.5) is 0 Å². The van der Waals surface area contributed by atoms with Crippen molar-refractivity contribution in [1.82, 2.24) is 9.80 Å². The van der Waals surface area contributed by atoms with E-state index in [4.69, 9.17) is 14.2 Å². The van der Waals surface area contributed by atoms with Gasteiger partial charge in [-0.3, -0.25) is 9.59 Å². The molecule has 2 aliphatic heterocycles. The number of carbonyl (C=O) groups is 2. The molecule has 29 heavy (non-hydrogen) atoms. The smallest absolute Gasteiger partial charge is 0.249 e. The Morgan fingerprint density at radius 2 is 1.97 bits per heavy atom. The molecule has 1 atom stereocenters. The van der Waals surface area contributed by atoms with Crippen molar-refractivity contribution >= 4 is 11.8 Å². The minimum atomic E-state index is 0.00601. The predicted octanol–water partition coefficient (Wildman–Crippen LogP) is 1.88. The van der Waals surface area contributed by atoms with Gasteiger partial charge in [-0.25, -0.2) is 0 Å². The largest absolute Gasteiger partial charge is 0.497 e. The summed E-state index contributed by atoms with van der Waals surface area (Å²) in [5.41, 5.74) is 0.938. The summed E-state index contributed by atoms with van der Waals surface area (Å²) in [6, 6.07) is 7.80. The molecule has 0 radical (unpaired) electrons. The molecule has 1 aromatic carbocycles. The summed E-state index contributed by atoms with van der Waals surface area (Å²) in [6.07, 6.45) is 3.82. The predicted molar refractivity (Wildman–Crippen MR) is 109 cm³/mol. The van der Waals surface area contributed by atoms with Crippen LogP contribution in [-0.2, 0) is 25.5 Å². The minimum absolute atomic E-state index is 0.00601. The molecule has 2 amide bonds. The van der Waals surface area contributed by atoms with Crippen molar-refractivity contribution in [3.63, 3.8) is 0 Å². The number of hydrogen-bond donors (Lipinski definition) is 0. The van der Waals surface area contributed by atoms with E-state index in [1.807, 2.05) is 34.1 Å². The van der Waals surface area contributed by atoms with Gasteiger partial charge >= 0.3 is 0 Å². The van der Waals surface area contributed by atoms with Gasteiger partial charge in [0.25, 0.3) is 0 Å². The zero-order chi connectivity index (χ0) is 20.6. The van der Waals surface area contributed by atoms with Gasteiger partial charge in [0, 0.05) is 45.5 Å². The van der Waals surface area contributed by atoms with Crippen molar-refractivity contribution in [2.45, 2.75) is 44.2 Å². The van der Waals surface area contributed by atoms with Crippen molar-refractivity contribution in [1.29, 1.82) is 0 Å². The Bertz CT molecular complexity index is 690. The molecule has 7 nitrogen and oxygen atoms in total. The van der Waals surface area contributed by atoms with E-state index in [1.54, 1.807) is 14.2 Å². The Morgan fingerprint density at radius 3 is 2.69 bits per heavy atom. The number of benzene rings is 1. The van der Waals surface area contributed by atoms with E-state index in [0.29, 0.717) is 26.2 Å². The lowest BCUT2D eigenvalue weighted by Gasteiger charge is -2.44. The third-order valence-corrected chi connectivity index (χ3v) is 5.77. The van der Waals surface area contributed by atoms with E-state index in [9.17, 15) is 9.59 Å². The number of amides is 2. The minimum Gasteiger partial charge on any atom is -0.497 e. The Morgan fingerprint density at radius 1 is 1.17 bits per heavy atom. The fraction of sp³-hybridized carbons (Fsp3) is 0.636. The zero-order valence-corrected chi connectivity index (χ0v) is 17.5. The molecule has 0 saturated carbocycles. The molecule has 1 aromatic rings. The Hall–Kier alpha value is -2.12.